The molecule has 0 bridgehead atoms. The van der Waals surface area contributed by atoms with Gasteiger partial charge in [0.05, 0.1) is 18.4 Å². The molecule has 0 atom stereocenters. The molecular weight excluding hydrogens is 482 g/mol. The quantitative estimate of drug-likeness (QED) is 0.239. The van der Waals surface area contributed by atoms with Crippen molar-refractivity contribution in [2.45, 2.75) is 20.4 Å². The molecular formula is C30H25N3O5. The molecule has 2 heterocycles. The number of carbonyl (C=O) groups is 4. The molecule has 1 fully saturated rings. The summed E-state index contributed by atoms with van der Waals surface area (Å²) in [6.07, 6.45) is 3.37. The number of barbiturate groups is 1. The van der Waals surface area contributed by atoms with E-state index in [9.17, 15) is 19.2 Å². The molecule has 5 rings (SSSR count). The monoisotopic (exact) mass is 507 g/mol. The van der Waals surface area contributed by atoms with Gasteiger partial charge in [-0.1, -0.05) is 42.5 Å². The average molecular weight is 508 g/mol. The van der Waals surface area contributed by atoms with Crippen molar-refractivity contribution in [1.82, 2.24) is 9.88 Å². The molecule has 3 aromatic carbocycles. The largest absolute Gasteiger partial charge is 0.465 e. The van der Waals surface area contributed by atoms with E-state index < -0.39 is 23.8 Å². The Labute approximate surface area is 219 Å². The molecule has 1 saturated heterocycles. The molecule has 4 amide bonds. The minimum atomic E-state index is -0.779. The Hall–Kier alpha value is -4.98. The van der Waals surface area contributed by atoms with Crippen LogP contribution >= 0.6 is 0 Å². The van der Waals surface area contributed by atoms with Gasteiger partial charge in [0.2, 0.25) is 0 Å². The van der Waals surface area contributed by atoms with E-state index in [4.69, 9.17) is 4.74 Å². The summed E-state index contributed by atoms with van der Waals surface area (Å²) < 4.78 is 6.81. The predicted octanol–water partition coefficient (Wildman–Crippen LogP) is 4.76. The second-order valence-corrected chi connectivity index (χ2v) is 9.10. The SMILES string of the molecule is COC(=O)c1cccc(Cn2cc(/C=C3\C(=O)NC(=O)N(c4cccc(C)c4C)C3=O)c3ccccc32)c1. The lowest BCUT2D eigenvalue weighted by atomic mass is 10.0. The number of amides is 4. The van der Waals surface area contributed by atoms with Gasteiger partial charge in [-0.05, 0) is 60.9 Å². The summed E-state index contributed by atoms with van der Waals surface area (Å²) in [5.74, 6) is -1.85. The van der Waals surface area contributed by atoms with Crippen molar-refractivity contribution < 1.29 is 23.9 Å². The third-order valence-corrected chi connectivity index (χ3v) is 6.74. The number of aromatic nitrogens is 1. The number of esters is 1. The molecule has 0 radical (unpaired) electrons. The summed E-state index contributed by atoms with van der Waals surface area (Å²) in [4.78, 5) is 52.0. The van der Waals surface area contributed by atoms with Crippen molar-refractivity contribution in [1.29, 1.82) is 0 Å². The number of aryl methyl sites for hydroxylation is 1. The van der Waals surface area contributed by atoms with Gasteiger partial charge in [0, 0.05) is 29.2 Å². The summed E-state index contributed by atoms with van der Waals surface area (Å²) in [5, 5.41) is 3.13. The normalized spacial score (nSPS) is 14.8. The third-order valence-electron chi connectivity index (χ3n) is 6.74. The lowest BCUT2D eigenvalue weighted by molar-refractivity contribution is -0.122. The highest BCUT2D eigenvalue weighted by Crippen LogP contribution is 2.29. The second kappa shape index (κ2) is 9.82. The maximum absolute atomic E-state index is 13.5. The van der Waals surface area contributed by atoms with Crippen LogP contribution in [0.4, 0.5) is 10.5 Å². The van der Waals surface area contributed by atoms with Gasteiger partial charge in [-0.2, -0.15) is 0 Å². The molecule has 0 spiro atoms. The number of urea groups is 1. The van der Waals surface area contributed by atoms with E-state index in [0.717, 1.165) is 32.5 Å². The Morgan fingerprint density at radius 1 is 0.974 bits per heavy atom. The number of para-hydroxylation sites is 1. The minimum absolute atomic E-state index is 0.138. The molecule has 38 heavy (non-hydrogen) atoms. The number of benzene rings is 3. The number of anilines is 1. The number of nitrogens with zero attached hydrogens (tertiary/aromatic N) is 2. The average Bonchev–Trinajstić information content (AvgIpc) is 3.25. The van der Waals surface area contributed by atoms with Crippen molar-refractivity contribution in [3.8, 4) is 0 Å². The van der Waals surface area contributed by atoms with Crippen molar-refractivity contribution in [2.75, 3.05) is 12.0 Å². The van der Waals surface area contributed by atoms with E-state index in [1.165, 1.54) is 13.2 Å². The van der Waals surface area contributed by atoms with E-state index in [2.05, 4.69) is 5.32 Å². The Bertz CT molecular complexity index is 1660. The molecule has 1 aliphatic heterocycles. The lowest BCUT2D eigenvalue weighted by Crippen LogP contribution is -2.54. The van der Waals surface area contributed by atoms with Gasteiger partial charge in [0.1, 0.15) is 5.57 Å². The number of fused-ring (bicyclic) bond motifs is 1. The number of rotatable bonds is 5. The first-order valence-corrected chi connectivity index (χ1v) is 12.0. The van der Waals surface area contributed by atoms with Gasteiger partial charge in [-0.15, -0.1) is 0 Å². The predicted molar refractivity (Wildman–Crippen MR) is 144 cm³/mol. The standard InChI is InChI=1S/C30H25N3O5/c1-18-8-6-13-25(19(18)2)33-28(35)24(27(34)31-30(33)37)15-22-17-32(26-12-5-4-11-23(22)26)16-20-9-7-10-21(14-20)29(36)38-3/h4-15,17H,16H2,1-3H3,(H,31,34,37)/b24-15+. The first-order chi connectivity index (χ1) is 18.3. The number of methoxy groups -OCH3 is 1. The smallest absolute Gasteiger partial charge is 0.337 e. The summed E-state index contributed by atoms with van der Waals surface area (Å²) in [5.41, 5.74) is 4.85. The first kappa shape index (κ1) is 24.7. The summed E-state index contributed by atoms with van der Waals surface area (Å²) in [6.45, 7) is 4.17. The molecule has 1 N–H and O–H groups in total. The fraction of sp³-hybridized carbons (Fsp3) is 0.133. The zero-order valence-corrected chi connectivity index (χ0v) is 21.1. The van der Waals surface area contributed by atoms with Gasteiger partial charge in [0.25, 0.3) is 11.8 Å². The van der Waals surface area contributed by atoms with Crippen LogP contribution in [0, 0.1) is 13.8 Å². The van der Waals surface area contributed by atoms with Crippen LogP contribution in [0.25, 0.3) is 17.0 Å². The minimum Gasteiger partial charge on any atom is -0.465 e. The van der Waals surface area contributed by atoms with E-state index in [1.807, 2.05) is 61.0 Å². The van der Waals surface area contributed by atoms with Crippen molar-refractivity contribution in [2.24, 2.45) is 0 Å². The Balaban J connectivity index is 1.56. The summed E-state index contributed by atoms with van der Waals surface area (Å²) in [6, 6.07) is 19.3. The number of ether oxygens (including phenoxy) is 1. The number of hydrogen-bond donors (Lipinski definition) is 1. The zero-order valence-electron chi connectivity index (χ0n) is 21.1. The molecule has 4 aromatic rings. The van der Waals surface area contributed by atoms with Gasteiger partial charge < -0.3 is 9.30 Å². The highest BCUT2D eigenvalue weighted by Gasteiger charge is 2.37. The van der Waals surface area contributed by atoms with E-state index >= 15 is 0 Å². The topological polar surface area (TPSA) is 97.7 Å². The maximum atomic E-state index is 13.5. The second-order valence-electron chi connectivity index (χ2n) is 9.10. The van der Waals surface area contributed by atoms with Crippen LogP contribution in [-0.4, -0.2) is 35.5 Å². The highest BCUT2D eigenvalue weighted by atomic mass is 16.5. The molecule has 8 heteroatoms. The molecule has 0 saturated carbocycles. The van der Waals surface area contributed by atoms with Crippen LogP contribution < -0.4 is 10.2 Å². The van der Waals surface area contributed by atoms with Crippen LogP contribution in [-0.2, 0) is 20.9 Å². The fourth-order valence-electron chi connectivity index (χ4n) is 4.64. The van der Waals surface area contributed by atoms with Crippen molar-refractivity contribution >= 4 is 46.5 Å². The summed E-state index contributed by atoms with van der Waals surface area (Å²) in [7, 11) is 1.34. The first-order valence-electron chi connectivity index (χ1n) is 12.0. The molecule has 190 valence electrons. The number of hydrogen-bond acceptors (Lipinski definition) is 5. The van der Waals surface area contributed by atoms with Gasteiger partial charge >= 0.3 is 12.0 Å². The molecule has 1 aliphatic rings. The number of carbonyl (C=O) groups excluding carboxylic acids is 4. The fourth-order valence-corrected chi connectivity index (χ4v) is 4.64. The zero-order chi connectivity index (χ0) is 27.0. The van der Waals surface area contributed by atoms with Crippen LogP contribution in [0.15, 0.2) is 78.5 Å². The molecule has 0 unspecified atom stereocenters. The molecule has 1 aromatic heterocycles. The van der Waals surface area contributed by atoms with Gasteiger partial charge in [-0.25, -0.2) is 14.5 Å². The van der Waals surface area contributed by atoms with E-state index in [0.29, 0.717) is 23.4 Å². The molecule has 0 aliphatic carbocycles. The summed E-state index contributed by atoms with van der Waals surface area (Å²) >= 11 is 0. The Morgan fingerprint density at radius 2 is 1.74 bits per heavy atom. The number of nitrogens with one attached hydrogen (secondary N) is 1. The molecule has 8 nitrogen and oxygen atoms in total. The van der Waals surface area contributed by atoms with Gasteiger partial charge in [0.15, 0.2) is 0 Å². The van der Waals surface area contributed by atoms with Crippen LogP contribution in [0.5, 0.6) is 0 Å². The number of imide groups is 2. The maximum Gasteiger partial charge on any atom is 0.337 e. The van der Waals surface area contributed by atoms with Crippen molar-refractivity contribution in [3.63, 3.8) is 0 Å². The van der Waals surface area contributed by atoms with Crippen molar-refractivity contribution in [3.05, 3.63) is 106 Å². The van der Waals surface area contributed by atoms with Crippen LogP contribution in [0.1, 0.15) is 32.6 Å². The van der Waals surface area contributed by atoms with Crippen LogP contribution in [0.3, 0.4) is 0 Å². The Morgan fingerprint density at radius 3 is 2.53 bits per heavy atom. The van der Waals surface area contributed by atoms with Gasteiger partial charge in [-0.3, -0.25) is 14.9 Å². The lowest BCUT2D eigenvalue weighted by Gasteiger charge is -2.28. The third kappa shape index (κ3) is 4.37. The van der Waals surface area contributed by atoms with E-state index in [1.54, 1.807) is 30.3 Å². The highest BCUT2D eigenvalue weighted by molar-refractivity contribution is 6.39. The van der Waals surface area contributed by atoms with Crippen LogP contribution in [0.2, 0.25) is 0 Å². The van der Waals surface area contributed by atoms with E-state index in [-0.39, 0.29) is 5.57 Å². The Kier molecular flexibility index (Phi) is 6.38.